The van der Waals surface area contributed by atoms with Crippen LogP contribution in [0.2, 0.25) is 0 Å². The zero-order valence-corrected chi connectivity index (χ0v) is 14.2. The molecule has 0 aliphatic rings. The number of nitrogens with zero attached hydrogens (tertiary/aromatic N) is 5. The minimum absolute atomic E-state index is 0.123. The number of carbonyl (C=O) groups is 1. The number of benzene rings is 1. The van der Waals surface area contributed by atoms with E-state index in [4.69, 9.17) is 0 Å². The quantitative estimate of drug-likeness (QED) is 0.545. The van der Waals surface area contributed by atoms with E-state index < -0.39 is 0 Å². The van der Waals surface area contributed by atoms with Crippen LogP contribution < -0.4 is 10.9 Å². The molecule has 3 aromatic heterocycles. The molecule has 0 radical (unpaired) electrons. The molecule has 4 rings (SSSR count). The van der Waals surface area contributed by atoms with Gasteiger partial charge in [-0.05, 0) is 24.3 Å². The molecule has 2 N–H and O–H groups in total. The molecule has 134 valence electrons. The van der Waals surface area contributed by atoms with Gasteiger partial charge in [0, 0.05) is 18.0 Å². The van der Waals surface area contributed by atoms with Gasteiger partial charge in [0.2, 0.25) is 5.91 Å². The highest BCUT2D eigenvalue weighted by Gasteiger charge is 2.10. The Bertz CT molecular complexity index is 1150. The van der Waals surface area contributed by atoms with E-state index in [-0.39, 0.29) is 24.6 Å². The van der Waals surface area contributed by atoms with E-state index >= 15 is 0 Å². The van der Waals surface area contributed by atoms with Crippen molar-refractivity contribution in [3.05, 3.63) is 71.3 Å². The van der Waals surface area contributed by atoms with Crippen LogP contribution in [-0.4, -0.2) is 35.6 Å². The number of para-hydroxylation sites is 1. The Morgan fingerprint density at radius 2 is 1.96 bits per heavy atom. The number of fused-ring (bicyclic) bond motifs is 1. The first-order chi connectivity index (χ1) is 13.2. The predicted octanol–water partition coefficient (Wildman–Crippen LogP) is 0.893. The SMILES string of the molecule is O=C(Cn1cnc2ccccc2c1=O)NCc1nc(-c2ccncc2)n[nH]1. The molecular formula is C18H15N7O2. The number of amides is 1. The zero-order valence-electron chi connectivity index (χ0n) is 14.2. The van der Waals surface area contributed by atoms with Gasteiger partial charge in [-0.3, -0.25) is 24.2 Å². The smallest absolute Gasteiger partial charge is 0.261 e. The van der Waals surface area contributed by atoms with Crippen LogP contribution in [0.1, 0.15) is 5.82 Å². The standard InChI is InChI=1S/C18H15N7O2/c26-16(10-25-11-21-14-4-2-1-3-13(14)18(25)27)20-9-15-22-17(24-23-15)12-5-7-19-8-6-12/h1-8,11H,9-10H2,(H,20,26)(H,22,23,24). The Morgan fingerprint density at radius 3 is 2.81 bits per heavy atom. The van der Waals surface area contributed by atoms with Crippen LogP contribution in [0.5, 0.6) is 0 Å². The first kappa shape index (κ1) is 16.6. The molecule has 0 bridgehead atoms. The minimum Gasteiger partial charge on any atom is -0.347 e. The molecule has 27 heavy (non-hydrogen) atoms. The van der Waals surface area contributed by atoms with Crippen LogP contribution in [0.25, 0.3) is 22.3 Å². The summed E-state index contributed by atoms with van der Waals surface area (Å²) in [6.45, 7) is 0.0503. The largest absolute Gasteiger partial charge is 0.347 e. The topological polar surface area (TPSA) is 118 Å². The molecular weight excluding hydrogens is 346 g/mol. The van der Waals surface area contributed by atoms with Gasteiger partial charge in [-0.25, -0.2) is 9.97 Å². The summed E-state index contributed by atoms with van der Waals surface area (Å²) in [7, 11) is 0. The fraction of sp³-hybridized carbons (Fsp3) is 0.111. The van der Waals surface area contributed by atoms with Gasteiger partial charge in [0.15, 0.2) is 5.82 Å². The van der Waals surface area contributed by atoms with E-state index in [1.165, 1.54) is 10.9 Å². The summed E-state index contributed by atoms with van der Waals surface area (Å²) in [6, 6.07) is 10.6. The Balaban J connectivity index is 1.41. The molecule has 0 aliphatic carbocycles. The molecule has 4 aromatic rings. The molecule has 0 spiro atoms. The van der Waals surface area contributed by atoms with Crippen molar-refractivity contribution in [2.45, 2.75) is 13.1 Å². The monoisotopic (exact) mass is 361 g/mol. The Labute approximate surface area is 153 Å². The zero-order chi connectivity index (χ0) is 18.6. The second-order valence-corrected chi connectivity index (χ2v) is 5.81. The number of rotatable bonds is 5. The number of pyridine rings is 1. The minimum atomic E-state index is -0.323. The maximum atomic E-state index is 12.4. The lowest BCUT2D eigenvalue weighted by molar-refractivity contribution is -0.121. The number of aromatic amines is 1. The number of carbonyl (C=O) groups excluding carboxylic acids is 1. The third-order valence-electron chi connectivity index (χ3n) is 3.97. The van der Waals surface area contributed by atoms with Crippen molar-refractivity contribution >= 4 is 16.8 Å². The fourth-order valence-electron chi connectivity index (χ4n) is 2.62. The van der Waals surface area contributed by atoms with E-state index in [1.54, 1.807) is 42.7 Å². The van der Waals surface area contributed by atoms with Crippen molar-refractivity contribution in [3.63, 3.8) is 0 Å². The number of nitrogens with one attached hydrogen (secondary N) is 2. The van der Waals surface area contributed by atoms with Crippen LogP contribution in [-0.2, 0) is 17.9 Å². The summed E-state index contributed by atoms with van der Waals surface area (Å²) in [5.41, 5.74) is 1.17. The molecule has 0 atom stereocenters. The molecule has 0 saturated heterocycles. The van der Waals surface area contributed by atoms with Crippen LogP contribution in [0, 0.1) is 0 Å². The highest BCUT2D eigenvalue weighted by molar-refractivity contribution is 5.78. The third kappa shape index (κ3) is 3.56. The van der Waals surface area contributed by atoms with E-state index in [2.05, 4.69) is 30.5 Å². The summed E-state index contributed by atoms with van der Waals surface area (Å²) in [6.07, 6.45) is 4.69. The summed E-state index contributed by atoms with van der Waals surface area (Å²) in [5.74, 6) is 0.715. The average Bonchev–Trinajstić information content (AvgIpc) is 3.19. The molecule has 9 heteroatoms. The maximum absolute atomic E-state index is 12.4. The second kappa shape index (κ2) is 7.16. The van der Waals surface area contributed by atoms with Crippen LogP contribution in [0.4, 0.5) is 0 Å². The van der Waals surface area contributed by atoms with Gasteiger partial charge in [0.25, 0.3) is 5.56 Å². The highest BCUT2D eigenvalue weighted by Crippen LogP contribution is 2.12. The molecule has 3 heterocycles. The molecule has 1 amide bonds. The normalized spacial score (nSPS) is 10.8. The van der Waals surface area contributed by atoms with Crippen molar-refractivity contribution in [1.82, 2.24) is 35.0 Å². The third-order valence-corrected chi connectivity index (χ3v) is 3.97. The molecule has 0 saturated carbocycles. The Hall–Kier alpha value is -3.88. The number of hydrogen-bond acceptors (Lipinski definition) is 6. The first-order valence-corrected chi connectivity index (χ1v) is 8.23. The summed E-state index contributed by atoms with van der Waals surface area (Å²) in [5, 5.41) is 10.1. The first-order valence-electron chi connectivity index (χ1n) is 8.23. The Kier molecular flexibility index (Phi) is 4.40. The lowest BCUT2D eigenvalue weighted by Crippen LogP contribution is -2.32. The van der Waals surface area contributed by atoms with Crippen LogP contribution in [0.15, 0.2) is 59.9 Å². The second-order valence-electron chi connectivity index (χ2n) is 5.81. The maximum Gasteiger partial charge on any atom is 0.261 e. The molecule has 0 unspecified atom stereocenters. The van der Waals surface area contributed by atoms with Crippen LogP contribution >= 0.6 is 0 Å². The van der Waals surface area contributed by atoms with Crippen LogP contribution in [0.3, 0.4) is 0 Å². The lowest BCUT2D eigenvalue weighted by atomic mass is 10.2. The van der Waals surface area contributed by atoms with E-state index in [1.807, 2.05) is 6.07 Å². The van der Waals surface area contributed by atoms with Gasteiger partial charge in [-0.15, -0.1) is 0 Å². The number of hydrogen-bond donors (Lipinski definition) is 2. The molecule has 9 nitrogen and oxygen atoms in total. The van der Waals surface area contributed by atoms with E-state index in [9.17, 15) is 9.59 Å². The Morgan fingerprint density at radius 1 is 1.15 bits per heavy atom. The summed E-state index contributed by atoms with van der Waals surface area (Å²) < 4.78 is 1.28. The number of H-pyrrole nitrogens is 1. The fourth-order valence-corrected chi connectivity index (χ4v) is 2.62. The van der Waals surface area contributed by atoms with Gasteiger partial charge in [-0.2, -0.15) is 5.10 Å². The summed E-state index contributed by atoms with van der Waals surface area (Å²) >= 11 is 0. The predicted molar refractivity (Wildman–Crippen MR) is 97.5 cm³/mol. The van der Waals surface area contributed by atoms with Gasteiger partial charge < -0.3 is 5.32 Å². The summed E-state index contributed by atoms with van der Waals surface area (Å²) in [4.78, 5) is 37.1. The average molecular weight is 361 g/mol. The van der Waals surface area contributed by atoms with Crippen molar-refractivity contribution in [2.24, 2.45) is 0 Å². The van der Waals surface area contributed by atoms with Crippen molar-refractivity contribution < 1.29 is 4.79 Å². The van der Waals surface area contributed by atoms with E-state index in [0.29, 0.717) is 22.6 Å². The molecule has 0 fully saturated rings. The molecule has 1 aromatic carbocycles. The molecule has 0 aliphatic heterocycles. The highest BCUT2D eigenvalue weighted by atomic mass is 16.2. The van der Waals surface area contributed by atoms with Crippen molar-refractivity contribution in [2.75, 3.05) is 0 Å². The van der Waals surface area contributed by atoms with Gasteiger partial charge in [-0.1, -0.05) is 12.1 Å². The van der Waals surface area contributed by atoms with E-state index in [0.717, 1.165) is 5.56 Å². The van der Waals surface area contributed by atoms with Crippen molar-refractivity contribution in [3.8, 4) is 11.4 Å². The number of aromatic nitrogens is 6. The van der Waals surface area contributed by atoms with Gasteiger partial charge in [0.05, 0.1) is 23.8 Å². The van der Waals surface area contributed by atoms with Crippen molar-refractivity contribution in [1.29, 1.82) is 0 Å². The van der Waals surface area contributed by atoms with Gasteiger partial charge in [0.1, 0.15) is 12.4 Å². The van der Waals surface area contributed by atoms with Gasteiger partial charge >= 0.3 is 0 Å². The lowest BCUT2D eigenvalue weighted by Gasteiger charge is -2.06.